The standard InChI is InChI=1S/C23H20N2O4/c26-22(15-6-10-17-8-2-1-3-9-17)20-13-4-5-14-21(20)24-23(27)18-11-7-12-19(16-18)25(28)29/h1-5,7-9,11-14,16H,6,10,15H2,(H,24,27). The lowest BCUT2D eigenvalue weighted by molar-refractivity contribution is -0.384. The number of rotatable bonds is 8. The van der Waals surface area contributed by atoms with Crippen LogP contribution in [0.2, 0.25) is 0 Å². The average molecular weight is 388 g/mol. The molecule has 0 saturated heterocycles. The lowest BCUT2D eigenvalue weighted by Gasteiger charge is -2.10. The van der Waals surface area contributed by atoms with Crippen molar-refractivity contribution in [3.8, 4) is 0 Å². The summed E-state index contributed by atoms with van der Waals surface area (Å²) in [4.78, 5) is 35.5. The molecule has 1 amide bonds. The van der Waals surface area contributed by atoms with Crippen LogP contribution in [0.25, 0.3) is 0 Å². The smallest absolute Gasteiger partial charge is 0.270 e. The Labute approximate surface area is 168 Å². The summed E-state index contributed by atoms with van der Waals surface area (Å²) in [5.41, 5.74) is 1.99. The van der Waals surface area contributed by atoms with E-state index in [1.54, 1.807) is 24.3 Å². The predicted octanol–water partition coefficient (Wildman–Crippen LogP) is 5.05. The van der Waals surface area contributed by atoms with Gasteiger partial charge in [0.05, 0.1) is 10.6 Å². The van der Waals surface area contributed by atoms with Gasteiger partial charge in [0.15, 0.2) is 5.78 Å². The molecule has 6 heteroatoms. The van der Waals surface area contributed by atoms with Crippen LogP contribution in [0.15, 0.2) is 78.9 Å². The molecular formula is C23H20N2O4. The lowest BCUT2D eigenvalue weighted by Crippen LogP contribution is -2.15. The van der Waals surface area contributed by atoms with Gasteiger partial charge in [-0.05, 0) is 36.6 Å². The Hall–Kier alpha value is -3.80. The summed E-state index contributed by atoms with van der Waals surface area (Å²) < 4.78 is 0. The van der Waals surface area contributed by atoms with Crippen LogP contribution in [0.5, 0.6) is 0 Å². The Morgan fingerprint density at radius 2 is 1.62 bits per heavy atom. The van der Waals surface area contributed by atoms with E-state index in [9.17, 15) is 19.7 Å². The monoisotopic (exact) mass is 388 g/mol. The van der Waals surface area contributed by atoms with Crippen molar-refractivity contribution >= 4 is 23.1 Å². The zero-order valence-electron chi connectivity index (χ0n) is 15.7. The van der Waals surface area contributed by atoms with Crippen molar-refractivity contribution in [3.63, 3.8) is 0 Å². The minimum absolute atomic E-state index is 0.0594. The second kappa shape index (κ2) is 9.41. The van der Waals surface area contributed by atoms with E-state index in [1.165, 1.54) is 29.8 Å². The van der Waals surface area contributed by atoms with Crippen LogP contribution in [0, 0.1) is 10.1 Å². The van der Waals surface area contributed by atoms with Gasteiger partial charge < -0.3 is 5.32 Å². The molecule has 0 aliphatic carbocycles. The van der Waals surface area contributed by atoms with Crippen molar-refractivity contribution in [2.24, 2.45) is 0 Å². The van der Waals surface area contributed by atoms with Crippen LogP contribution in [0.3, 0.4) is 0 Å². The Morgan fingerprint density at radius 1 is 0.897 bits per heavy atom. The van der Waals surface area contributed by atoms with Crippen molar-refractivity contribution in [3.05, 3.63) is 106 Å². The quantitative estimate of drug-likeness (QED) is 0.332. The maximum Gasteiger partial charge on any atom is 0.270 e. The van der Waals surface area contributed by atoms with Crippen LogP contribution in [-0.2, 0) is 6.42 Å². The van der Waals surface area contributed by atoms with Gasteiger partial charge in [-0.15, -0.1) is 0 Å². The topological polar surface area (TPSA) is 89.3 Å². The lowest BCUT2D eigenvalue weighted by atomic mass is 10.0. The minimum atomic E-state index is -0.555. The van der Waals surface area contributed by atoms with E-state index < -0.39 is 10.8 Å². The van der Waals surface area contributed by atoms with Gasteiger partial charge in [0.2, 0.25) is 0 Å². The summed E-state index contributed by atoms with van der Waals surface area (Å²) >= 11 is 0. The molecule has 0 unspecified atom stereocenters. The molecule has 0 aromatic heterocycles. The summed E-state index contributed by atoms with van der Waals surface area (Å²) in [7, 11) is 0. The highest BCUT2D eigenvalue weighted by molar-refractivity contribution is 6.09. The first-order valence-electron chi connectivity index (χ1n) is 9.26. The normalized spacial score (nSPS) is 10.3. The molecule has 6 nitrogen and oxygen atoms in total. The van der Waals surface area contributed by atoms with E-state index in [-0.39, 0.29) is 17.0 Å². The Bertz CT molecular complexity index is 1030. The molecule has 3 aromatic carbocycles. The number of carbonyl (C=O) groups excluding carboxylic acids is 2. The van der Waals surface area contributed by atoms with E-state index >= 15 is 0 Å². The molecule has 0 aliphatic heterocycles. The van der Waals surface area contributed by atoms with Gasteiger partial charge in [-0.2, -0.15) is 0 Å². The molecule has 0 radical (unpaired) electrons. The van der Waals surface area contributed by atoms with Gasteiger partial charge in [-0.25, -0.2) is 0 Å². The molecule has 3 rings (SSSR count). The average Bonchev–Trinajstić information content (AvgIpc) is 2.75. The number of hydrogen-bond donors (Lipinski definition) is 1. The first-order valence-corrected chi connectivity index (χ1v) is 9.26. The summed E-state index contributed by atoms with van der Waals surface area (Å²) in [6, 6.07) is 22.2. The first kappa shape index (κ1) is 19.9. The third-order valence-electron chi connectivity index (χ3n) is 4.51. The van der Waals surface area contributed by atoms with Crippen LogP contribution in [-0.4, -0.2) is 16.6 Å². The van der Waals surface area contributed by atoms with Crippen molar-refractivity contribution in [1.82, 2.24) is 0 Å². The van der Waals surface area contributed by atoms with Crippen molar-refractivity contribution in [1.29, 1.82) is 0 Å². The summed E-state index contributed by atoms with van der Waals surface area (Å²) in [6.45, 7) is 0. The predicted molar refractivity (Wildman–Crippen MR) is 111 cm³/mol. The van der Waals surface area contributed by atoms with Gasteiger partial charge in [0.25, 0.3) is 11.6 Å². The number of aryl methyl sites for hydroxylation is 1. The van der Waals surface area contributed by atoms with Gasteiger partial charge in [-0.1, -0.05) is 48.5 Å². The number of nitro benzene ring substituents is 1. The number of benzene rings is 3. The molecule has 0 bridgehead atoms. The number of non-ortho nitro benzene ring substituents is 1. The second-order valence-electron chi connectivity index (χ2n) is 6.57. The number of nitro groups is 1. The number of Topliss-reactive ketones (excluding diaryl/α,β-unsaturated/α-hetero) is 1. The van der Waals surface area contributed by atoms with E-state index in [4.69, 9.17) is 0 Å². The van der Waals surface area contributed by atoms with Gasteiger partial charge in [0, 0.05) is 29.7 Å². The number of amides is 1. The Kier molecular flexibility index (Phi) is 6.47. The minimum Gasteiger partial charge on any atom is -0.321 e. The first-order chi connectivity index (χ1) is 14.0. The number of anilines is 1. The van der Waals surface area contributed by atoms with Gasteiger partial charge in [0.1, 0.15) is 0 Å². The molecule has 0 heterocycles. The zero-order chi connectivity index (χ0) is 20.6. The fourth-order valence-electron chi connectivity index (χ4n) is 3.02. The maximum atomic E-state index is 12.7. The van der Waals surface area contributed by atoms with Crippen LogP contribution >= 0.6 is 0 Å². The van der Waals surface area contributed by atoms with E-state index in [0.29, 0.717) is 24.1 Å². The number of nitrogens with one attached hydrogen (secondary N) is 1. The number of carbonyl (C=O) groups is 2. The highest BCUT2D eigenvalue weighted by Crippen LogP contribution is 2.20. The van der Waals surface area contributed by atoms with Crippen LogP contribution in [0.4, 0.5) is 11.4 Å². The number of hydrogen-bond acceptors (Lipinski definition) is 4. The Balaban J connectivity index is 1.68. The summed E-state index contributed by atoms with van der Waals surface area (Å²) in [6.07, 6.45) is 1.86. The number of nitrogens with zero attached hydrogens (tertiary/aromatic N) is 1. The molecule has 146 valence electrons. The number of para-hydroxylation sites is 1. The zero-order valence-corrected chi connectivity index (χ0v) is 15.7. The molecule has 1 N–H and O–H groups in total. The van der Waals surface area contributed by atoms with Crippen molar-refractivity contribution in [2.75, 3.05) is 5.32 Å². The molecule has 3 aromatic rings. The van der Waals surface area contributed by atoms with Crippen molar-refractivity contribution in [2.45, 2.75) is 19.3 Å². The molecule has 29 heavy (non-hydrogen) atoms. The van der Waals surface area contributed by atoms with E-state index in [0.717, 1.165) is 6.42 Å². The van der Waals surface area contributed by atoms with Crippen LogP contribution in [0.1, 0.15) is 39.1 Å². The highest BCUT2D eigenvalue weighted by Gasteiger charge is 2.16. The SMILES string of the molecule is O=C(Nc1ccccc1C(=O)CCCc1ccccc1)c1cccc([N+](=O)[O-])c1. The van der Waals surface area contributed by atoms with E-state index in [1.807, 2.05) is 30.3 Å². The fraction of sp³-hybridized carbons (Fsp3) is 0.130. The number of ketones is 1. The van der Waals surface area contributed by atoms with Gasteiger partial charge in [-0.3, -0.25) is 19.7 Å². The van der Waals surface area contributed by atoms with E-state index in [2.05, 4.69) is 5.32 Å². The second-order valence-corrected chi connectivity index (χ2v) is 6.57. The Morgan fingerprint density at radius 3 is 2.38 bits per heavy atom. The van der Waals surface area contributed by atoms with Gasteiger partial charge >= 0.3 is 0 Å². The molecule has 0 spiro atoms. The summed E-state index contributed by atoms with van der Waals surface area (Å²) in [5, 5.41) is 13.6. The molecule has 0 fully saturated rings. The third-order valence-corrected chi connectivity index (χ3v) is 4.51. The summed E-state index contributed by atoms with van der Waals surface area (Å²) in [5.74, 6) is -0.561. The molecular weight excluding hydrogens is 368 g/mol. The molecule has 0 saturated carbocycles. The fourth-order valence-corrected chi connectivity index (χ4v) is 3.02. The highest BCUT2D eigenvalue weighted by atomic mass is 16.6. The van der Waals surface area contributed by atoms with Crippen LogP contribution < -0.4 is 5.32 Å². The molecule has 0 atom stereocenters. The largest absolute Gasteiger partial charge is 0.321 e. The maximum absolute atomic E-state index is 12.7. The third kappa shape index (κ3) is 5.35. The molecule has 0 aliphatic rings. The van der Waals surface area contributed by atoms with Crippen molar-refractivity contribution < 1.29 is 14.5 Å².